The number of aromatic nitrogens is 2. The van der Waals surface area contributed by atoms with Gasteiger partial charge in [-0.25, -0.2) is 9.18 Å². The minimum Gasteiger partial charge on any atom is -0.462 e. The van der Waals surface area contributed by atoms with Crippen LogP contribution in [0.15, 0.2) is 24.3 Å². The number of nitrogens with zero attached hydrogens (tertiary/aromatic N) is 2. The SMILES string of the molecule is CCOC(=O)c1c(N)nn(C)c1-c1ccc(F)cc1. The summed E-state index contributed by atoms with van der Waals surface area (Å²) in [6, 6.07) is 5.75. The first-order chi connectivity index (χ1) is 9.04. The van der Waals surface area contributed by atoms with Crippen LogP contribution in [0.4, 0.5) is 10.2 Å². The number of hydrogen-bond acceptors (Lipinski definition) is 4. The van der Waals surface area contributed by atoms with Gasteiger partial charge < -0.3 is 10.5 Å². The van der Waals surface area contributed by atoms with E-state index in [-0.39, 0.29) is 23.8 Å². The third kappa shape index (κ3) is 2.42. The molecule has 1 aromatic heterocycles. The molecule has 100 valence electrons. The lowest BCUT2D eigenvalue weighted by molar-refractivity contribution is 0.0528. The van der Waals surface area contributed by atoms with Gasteiger partial charge in [0.05, 0.1) is 12.3 Å². The fraction of sp³-hybridized carbons (Fsp3) is 0.231. The summed E-state index contributed by atoms with van der Waals surface area (Å²) in [5, 5.41) is 4.01. The Morgan fingerprint density at radius 3 is 2.63 bits per heavy atom. The summed E-state index contributed by atoms with van der Waals surface area (Å²) >= 11 is 0. The molecular weight excluding hydrogens is 249 g/mol. The molecule has 6 heteroatoms. The van der Waals surface area contributed by atoms with Crippen molar-refractivity contribution in [2.45, 2.75) is 6.92 Å². The van der Waals surface area contributed by atoms with Gasteiger partial charge in [0, 0.05) is 12.6 Å². The van der Waals surface area contributed by atoms with Crippen molar-refractivity contribution < 1.29 is 13.9 Å². The summed E-state index contributed by atoms with van der Waals surface area (Å²) in [4.78, 5) is 11.9. The number of carbonyl (C=O) groups is 1. The molecule has 0 aliphatic rings. The molecule has 2 aromatic rings. The van der Waals surface area contributed by atoms with E-state index in [9.17, 15) is 9.18 Å². The summed E-state index contributed by atoms with van der Waals surface area (Å²) in [7, 11) is 1.66. The van der Waals surface area contributed by atoms with Crippen LogP contribution in [0.25, 0.3) is 11.3 Å². The van der Waals surface area contributed by atoms with Gasteiger partial charge in [0.1, 0.15) is 11.4 Å². The second-order valence-electron chi connectivity index (χ2n) is 3.96. The van der Waals surface area contributed by atoms with E-state index in [4.69, 9.17) is 10.5 Å². The molecule has 0 amide bonds. The van der Waals surface area contributed by atoms with E-state index in [1.54, 1.807) is 26.1 Å². The number of rotatable bonds is 3. The molecule has 0 unspecified atom stereocenters. The van der Waals surface area contributed by atoms with Crippen molar-refractivity contribution in [1.82, 2.24) is 9.78 Å². The average molecular weight is 263 g/mol. The molecule has 2 N–H and O–H groups in total. The van der Waals surface area contributed by atoms with Gasteiger partial charge in [-0.15, -0.1) is 0 Å². The lowest BCUT2D eigenvalue weighted by Crippen LogP contribution is -2.08. The average Bonchev–Trinajstić information content (AvgIpc) is 2.65. The first kappa shape index (κ1) is 13.1. The molecule has 19 heavy (non-hydrogen) atoms. The Labute approximate surface area is 109 Å². The number of ether oxygens (including phenoxy) is 1. The fourth-order valence-corrected chi connectivity index (χ4v) is 1.89. The summed E-state index contributed by atoms with van der Waals surface area (Å²) in [6.07, 6.45) is 0. The van der Waals surface area contributed by atoms with Crippen LogP contribution in [-0.4, -0.2) is 22.4 Å². The fourth-order valence-electron chi connectivity index (χ4n) is 1.89. The molecule has 0 spiro atoms. The smallest absolute Gasteiger partial charge is 0.344 e. The molecule has 0 saturated carbocycles. The highest BCUT2D eigenvalue weighted by molar-refractivity contribution is 6.00. The molecule has 0 atom stereocenters. The maximum atomic E-state index is 12.9. The van der Waals surface area contributed by atoms with Crippen molar-refractivity contribution in [3.8, 4) is 11.3 Å². The number of nitrogens with two attached hydrogens (primary N) is 1. The van der Waals surface area contributed by atoms with Crippen LogP contribution < -0.4 is 5.73 Å². The summed E-state index contributed by atoms with van der Waals surface area (Å²) in [5.74, 6) is -0.788. The maximum Gasteiger partial charge on any atom is 0.344 e. The Balaban J connectivity index is 2.56. The first-order valence-electron chi connectivity index (χ1n) is 5.80. The second kappa shape index (κ2) is 5.09. The topological polar surface area (TPSA) is 70.1 Å². The number of hydrogen-bond donors (Lipinski definition) is 1. The molecule has 2 rings (SSSR count). The Morgan fingerprint density at radius 2 is 2.05 bits per heavy atom. The van der Waals surface area contributed by atoms with Crippen LogP contribution in [0.3, 0.4) is 0 Å². The molecule has 0 aliphatic carbocycles. The molecule has 0 aliphatic heterocycles. The van der Waals surface area contributed by atoms with E-state index in [1.807, 2.05) is 0 Å². The van der Waals surface area contributed by atoms with E-state index in [0.29, 0.717) is 11.3 Å². The van der Waals surface area contributed by atoms with Gasteiger partial charge >= 0.3 is 5.97 Å². The van der Waals surface area contributed by atoms with Crippen molar-refractivity contribution in [2.75, 3.05) is 12.3 Å². The number of esters is 1. The van der Waals surface area contributed by atoms with Crippen LogP contribution in [0, 0.1) is 5.82 Å². The molecule has 0 fully saturated rings. The minimum absolute atomic E-state index is 0.0975. The van der Waals surface area contributed by atoms with Crippen molar-refractivity contribution in [3.05, 3.63) is 35.6 Å². The van der Waals surface area contributed by atoms with E-state index in [2.05, 4.69) is 5.10 Å². The highest BCUT2D eigenvalue weighted by atomic mass is 19.1. The monoisotopic (exact) mass is 263 g/mol. The number of halogens is 1. The van der Waals surface area contributed by atoms with E-state index < -0.39 is 5.97 Å². The van der Waals surface area contributed by atoms with Crippen LogP contribution in [-0.2, 0) is 11.8 Å². The van der Waals surface area contributed by atoms with Gasteiger partial charge in [0.25, 0.3) is 0 Å². The molecule has 0 saturated heterocycles. The predicted molar refractivity (Wildman–Crippen MR) is 69.0 cm³/mol. The van der Waals surface area contributed by atoms with E-state index in [1.165, 1.54) is 16.8 Å². The summed E-state index contributed by atoms with van der Waals surface area (Å²) < 4.78 is 19.4. The van der Waals surface area contributed by atoms with Crippen molar-refractivity contribution >= 4 is 11.8 Å². The van der Waals surface area contributed by atoms with Gasteiger partial charge in [-0.3, -0.25) is 4.68 Å². The Hall–Kier alpha value is -2.37. The Bertz CT molecular complexity index is 605. The minimum atomic E-state index is -0.535. The number of carbonyl (C=O) groups excluding carboxylic acids is 1. The standard InChI is InChI=1S/C13H14FN3O2/c1-3-19-13(18)10-11(17(2)16-12(10)15)8-4-6-9(14)7-5-8/h4-7H,3H2,1-2H3,(H2,15,16). The number of anilines is 1. The number of benzene rings is 1. The maximum absolute atomic E-state index is 12.9. The zero-order valence-electron chi connectivity index (χ0n) is 10.7. The van der Waals surface area contributed by atoms with E-state index >= 15 is 0 Å². The van der Waals surface area contributed by atoms with Gasteiger partial charge in [0.2, 0.25) is 0 Å². The van der Waals surface area contributed by atoms with Crippen molar-refractivity contribution in [3.63, 3.8) is 0 Å². The molecule has 0 radical (unpaired) electrons. The number of nitrogen functional groups attached to an aromatic ring is 1. The van der Waals surface area contributed by atoms with Gasteiger partial charge in [-0.05, 0) is 31.2 Å². The highest BCUT2D eigenvalue weighted by Gasteiger charge is 2.23. The third-order valence-electron chi connectivity index (χ3n) is 2.67. The molecule has 0 bridgehead atoms. The Morgan fingerprint density at radius 1 is 1.42 bits per heavy atom. The first-order valence-corrected chi connectivity index (χ1v) is 5.80. The van der Waals surface area contributed by atoms with Gasteiger partial charge in [-0.2, -0.15) is 5.10 Å². The van der Waals surface area contributed by atoms with Gasteiger partial charge in [-0.1, -0.05) is 0 Å². The molecule has 5 nitrogen and oxygen atoms in total. The van der Waals surface area contributed by atoms with Crippen molar-refractivity contribution in [2.24, 2.45) is 7.05 Å². The largest absolute Gasteiger partial charge is 0.462 e. The van der Waals surface area contributed by atoms with Gasteiger partial charge in [0.15, 0.2) is 5.82 Å². The zero-order chi connectivity index (χ0) is 14.0. The quantitative estimate of drug-likeness (QED) is 0.860. The summed E-state index contributed by atoms with van der Waals surface area (Å²) in [5.41, 5.74) is 7.10. The second-order valence-corrected chi connectivity index (χ2v) is 3.96. The van der Waals surface area contributed by atoms with Crippen molar-refractivity contribution in [1.29, 1.82) is 0 Å². The summed E-state index contributed by atoms with van der Waals surface area (Å²) in [6.45, 7) is 1.96. The molecule has 1 aromatic carbocycles. The van der Waals surface area contributed by atoms with Crippen LogP contribution in [0.1, 0.15) is 17.3 Å². The number of aryl methyl sites for hydroxylation is 1. The third-order valence-corrected chi connectivity index (χ3v) is 2.67. The zero-order valence-corrected chi connectivity index (χ0v) is 10.7. The van der Waals surface area contributed by atoms with Crippen LogP contribution >= 0.6 is 0 Å². The predicted octanol–water partition coefficient (Wildman–Crippen LogP) is 1.99. The Kier molecular flexibility index (Phi) is 3.50. The molecule has 1 heterocycles. The highest BCUT2D eigenvalue weighted by Crippen LogP contribution is 2.28. The molecular formula is C13H14FN3O2. The lowest BCUT2D eigenvalue weighted by Gasteiger charge is -2.06. The van der Waals surface area contributed by atoms with E-state index in [0.717, 1.165) is 0 Å². The van der Waals surface area contributed by atoms with Crippen LogP contribution in [0.5, 0.6) is 0 Å². The van der Waals surface area contributed by atoms with Crippen LogP contribution in [0.2, 0.25) is 0 Å². The lowest BCUT2D eigenvalue weighted by atomic mass is 10.1. The normalized spacial score (nSPS) is 10.5.